The lowest BCUT2D eigenvalue weighted by atomic mass is 9.88. The van der Waals surface area contributed by atoms with Crippen LogP contribution in [0.5, 0.6) is 0 Å². The summed E-state index contributed by atoms with van der Waals surface area (Å²) in [5, 5.41) is 11.9. The van der Waals surface area contributed by atoms with Crippen molar-refractivity contribution in [3.63, 3.8) is 0 Å². The highest BCUT2D eigenvalue weighted by molar-refractivity contribution is 5.80. The molecule has 0 amide bonds. The molecule has 0 aliphatic carbocycles. The Labute approximate surface area is 162 Å². The van der Waals surface area contributed by atoms with Crippen LogP contribution in [0.25, 0.3) is 0 Å². The maximum Gasteiger partial charge on any atom is 0.194 e. The minimum atomic E-state index is 0.426. The van der Waals surface area contributed by atoms with Gasteiger partial charge in [0.2, 0.25) is 0 Å². The van der Waals surface area contributed by atoms with Crippen LogP contribution in [-0.4, -0.2) is 71.2 Å². The van der Waals surface area contributed by atoms with Gasteiger partial charge in [0, 0.05) is 52.4 Å². The molecule has 2 aliphatic heterocycles. The summed E-state index contributed by atoms with van der Waals surface area (Å²) < 4.78 is 13.4. The molecular formula is C19H34N6O2. The minimum Gasteiger partial charge on any atom is -0.382 e. The maximum atomic E-state index is 5.96. The SMILES string of the molecule is CCOCCCNC(=NCc1nnc(C)n1C)N1CCC2OCCCC2C1. The van der Waals surface area contributed by atoms with Crippen molar-refractivity contribution in [2.75, 3.05) is 39.5 Å². The van der Waals surface area contributed by atoms with Crippen LogP contribution in [0.2, 0.25) is 0 Å². The second kappa shape index (κ2) is 10.0. The minimum absolute atomic E-state index is 0.426. The fourth-order valence-corrected chi connectivity index (χ4v) is 3.80. The number of aromatic nitrogens is 3. The molecule has 2 atom stereocenters. The van der Waals surface area contributed by atoms with Gasteiger partial charge in [-0.15, -0.1) is 10.2 Å². The van der Waals surface area contributed by atoms with Crippen LogP contribution in [0.15, 0.2) is 4.99 Å². The van der Waals surface area contributed by atoms with Gasteiger partial charge in [-0.1, -0.05) is 0 Å². The number of fused-ring (bicyclic) bond motifs is 1. The van der Waals surface area contributed by atoms with E-state index in [0.717, 1.165) is 69.9 Å². The molecule has 0 bridgehead atoms. The van der Waals surface area contributed by atoms with E-state index in [9.17, 15) is 0 Å². The van der Waals surface area contributed by atoms with Crippen molar-refractivity contribution < 1.29 is 9.47 Å². The summed E-state index contributed by atoms with van der Waals surface area (Å²) in [5.41, 5.74) is 0. The van der Waals surface area contributed by atoms with Crippen molar-refractivity contribution in [2.24, 2.45) is 18.0 Å². The molecule has 0 radical (unpaired) electrons. The fourth-order valence-electron chi connectivity index (χ4n) is 3.80. The van der Waals surface area contributed by atoms with Gasteiger partial charge in [0.25, 0.3) is 0 Å². The highest BCUT2D eigenvalue weighted by Gasteiger charge is 2.33. The Morgan fingerprint density at radius 2 is 2.26 bits per heavy atom. The van der Waals surface area contributed by atoms with E-state index in [2.05, 4.69) is 20.4 Å². The Hall–Kier alpha value is -1.67. The number of nitrogens with one attached hydrogen (secondary N) is 1. The average Bonchev–Trinajstić information content (AvgIpc) is 3.02. The first-order chi connectivity index (χ1) is 13.2. The number of hydrogen-bond acceptors (Lipinski definition) is 5. The molecule has 27 heavy (non-hydrogen) atoms. The number of rotatable bonds is 7. The van der Waals surface area contributed by atoms with E-state index < -0.39 is 0 Å². The first-order valence-corrected chi connectivity index (χ1v) is 10.3. The van der Waals surface area contributed by atoms with Crippen molar-refractivity contribution in [3.8, 4) is 0 Å². The lowest BCUT2D eigenvalue weighted by Gasteiger charge is -2.42. The first-order valence-electron chi connectivity index (χ1n) is 10.3. The van der Waals surface area contributed by atoms with E-state index >= 15 is 0 Å². The van der Waals surface area contributed by atoms with Crippen LogP contribution in [0.4, 0.5) is 0 Å². The molecule has 152 valence electrons. The standard InChI is InChI=1S/C19H34N6O2/c1-4-26-11-6-9-20-19(21-13-18-23-22-15(2)24(18)3)25-10-8-17-16(14-25)7-5-12-27-17/h16-17H,4-14H2,1-3H3,(H,20,21). The Bertz CT molecular complexity index is 617. The lowest BCUT2D eigenvalue weighted by Crippen LogP contribution is -2.52. The lowest BCUT2D eigenvalue weighted by molar-refractivity contribution is -0.0559. The van der Waals surface area contributed by atoms with E-state index in [1.54, 1.807) is 0 Å². The van der Waals surface area contributed by atoms with Gasteiger partial charge in [-0.05, 0) is 39.5 Å². The van der Waals surface area contributed by atoms with Crippen molar-refractivity contribution in [2.45, 2.75) is 52.2 Å². The number of nitrogens with zero attached hydrogens (tertiary/aromatic N) is 5. The molecule has 2 fully saturated rings. The van der Waals surface area contributed by atoms with Crippen LogP contribution in [0.1, 0.15) is 44.3 Å². The molecular weight excluding hydrogens is 344 g/mol. The predicted octanol–water partition coefficient (Wildman–Crippen LogP) is 1.50. The molecule has 3 rings (SSSR count). The largest absolute Gasteiger partial charge is 0.382 e. The molecule has 2 saturated heterocycles. The smallest absolute Gasteiger partial charge is 0.194 e. The van der Waals surface area contributed by atoms with E-state index in [-0.39, 0.29) is 0 Å². The number of hydrogen-bond donors (Lipinski definition) is 1. The molecule has 2 unspecified atom stereocenters. The molecule has 0 saturated carbocycles. The van der Waals surface area contributed by atoms with Gasteiger partial charge in [-0.2, -0.15) is 0 Å². The summed E-state index contributed by atoms with van der Waals surface area (Å²) in [6.07, 6.45) is 4.89. The third kappa shape index (κ3) is 5.42. The van der Waals surface area contributed by atoms with Gasteiger partial charge in [0.15, 0.2) is 11.8 Å². The summed E-state index contributed by atoms with van der Waals surface area (Å²) in [7, 11) is 1.99. The molecule has 3 heterocycles. The molecule has 1 N–H and O–H groups in total. The van der Waals surface area contributed by atoms with Crippen LogP contribution in [-0.2, 0) is 23.1 Å². The van der Waals surface area contributed by atoms with Crippen molar-refractivity contribution in [1.29, 1.82) is 0 Å². The third-order valence-electron chi connectivity index (χ3n) is 5.52. The third-order valence-corrected chi connectivity index (χ3v) is 5.52. The topological polar surface area (TPSA) is 76.8 Å². The second-order valence-corrected chi connectivity index (χ2v) is 7.39. The van der Waals surface area contributed by atoms with Crippen LogP contribution < -0.4 is 5.32 Å². The van der Waals surface area contributed by atoms with Crippen LogP contribution in [0.3, 0.4) is 0 Å². The van der Waals surface area contributed by atoms with E-state index in [1.807, 2.05) is 25.5 Å². The summed E-state index contributed by atoms with van der Waals surface area (Å²) in [6, 6.07) is 0. The predicted molar refractivity (Wildman–Crippen MR) is 105 cm³/mol. The average molecular weight is 379 g/mol. The quantitative estimate of drug-likeness (QED) is 0.440. The van der Waals surface area contributed by atoms with Gasteiger partial charge in [0.1, 0.15) is 12.4 Å². The van der Waals surface area contributed by atoms with E-state index in [1.165, 1.54) is 12.8 Å². The molecule has 2 aliphatic rings. The number of ether oxygens (including phenoxy) is 2. The Kier molecular flexibility index (Phi) is 7.46. The molecule has 1 aromatic rings. The van der Waals surface area contributed by atoms with E-state index in [0.29, 0.717) is 18.6 Å². The zero-order valence-corrected chi connectivity index (χ0v) is 17.0. The summed E-state index contributed by atoms with van der Waals surface area (Å²) in [6.45, 7) is 9.84. The number of guanidine groups is 1. The normalized spacial score (nSPS) is 23.4. The monoisotopic (exact) mass is 378 g/mol. The Morgan fingerprint density at radius 3 is 3.04 bits per heavy atom. The highest BCUT2D eigenvalue weighted by atomic mass is 16.5. The number of aryl methyl sites for hydroxylation is 1. The van der Waals surface area contributed by atoms with Crippen LogP contribution in [0, 0.1) is 12.8 Å². The van der Waals surface area contributed by atoms with E-state index in [4.69, 9.17) is 14.5 Å². The van der Waals surface area contributed by atoms with Gasteiger partial charge in [-0.3, -0.25) is 0 Å². The molecule has 8 nitrogen and oxygen atoms in total. The summed E-state index contributed by atoms with van der Waals surface area (Å²) in [5.74, 6) is 3.37. The molecule has 0 aromatic carbocycles. The fraction of sp³-hybridized carbons (Fsp3) is 0.842. The van der Waals surface area contributed by atoms with Crippen LogP contribution >= 0.6 is 0 Å². The van der Waals surface area contributed by atoms with Gasteiger partial charge in [-0.25, -0.2) is 4.99 Å². The second-order valence-electron chi connectivity index (χ2n) is 7.39. The molecule has 8 heteroatoms. The van der Waals surface area contributed by atoms with Crippen molar-refractivity contribution in [1.82, 2.24) is 25.0 Å². The zero-order chi connectivity index (χ0) is 19.1. The maximum absolute atomic E-state index is 5.96. The Morgan fingerprint density at radius 1 is 1.37 bits per heavy atom. The molecule has 1 aromatic heterocycles. The van der Waals surface area contributed by atoms with Gasteiger partial charge in [0.05, 0.1) is 6.10 Å². The van der Waals surface area contributed by atoms with Crippen molar-refractivity contribution in [3.05, 3.63) is 11.6 Å². The van der Waals surface area contributed by atoms with Crippen molar-refractivity contribution >= 4 is 5.96 Å². The number of piperidine rings is 1. The van der Waals surface area contributed by atoms with Gasteiger partial charge < -0.3 is 24.3 Å². The van der Waals surface area contributed by atoms with Gasteiger partial charge >= 0.3 is 0 Å². The number of likely N-dealkylation sites (tertiary alicyclic amines) is 1. The first kappa shape index (κ1) is 20.1. The summed E-state index contributed by atoms with van der Waals surface area (Å²) in [4.78, 5) is 7.26. The Balaban J connectivity index is 1.63. The zero-order valence-electron chi connectivity index (χ0n) is 17.0. The number of aliphatic imine (C=N–C) groups is 1. The molecule has 0 spiro atoms. The summed E-state index contributed by atoms with van der Waals surface area (Å²) >= 11 is 0. The highest BCUT2D eigenvalue weighted by Crippen LogP contribution is 2.28.